The lowest BCUT2D eigenvalue weighted by atomic mass is 10.2. The minimum absolute atomic E-state index is 0.234. The monoisotopic (exact) mass is 362 g/mol. The summed E-state index contributed by atoms with van der Waals surface area (Å²) >= 11 is 11.6. The summed E-state index contributed by atoms with van der Waals surface area (Å²) in [4.78, 5) is 6.11. The molecule has 1 aliphatic rings. The summed E-state index contributed by atoms with van der Waals surface area (Å²) in [6.07, 6.45) is 8.08. The Morgan fingerprint density at radius 2 is 2.17 bits per heavy atom. The highest BCUT2D eigenvalue weighted by Crippen LogP contribution is 2.23. The second-order valence-corrected chi connectivity index (χ2v) is 6.64. The molecular formula is C18H19ClN2O2S. The summed E-state index contributed by atoms with van der Waals surface area (Å²) in [6, 6.07) is 7.43. The number of hydrogen-bond acceptors (Lipinski definition) is 4. The lowest BCUT2D eigenvalue weighted by Gasteiger charge is -2.09. The van der Waals surface area contributed by atoms with Gasteiger partial charge in [0.05, 0.1) is 18.0 Å². The fourth-order valence-electron chi connectivity index (χ4n) is 2.71. The van der Waals surface area contributed by atoms with Crippen molar-refractivity contribution in [2.75, 3.05) is 5.32 Å². The normalized spacial score (nSPS) is 15.1. The molecule has 0 radical (unpaired) electrons. The van der Waals surface area contributed by atoms with Gasteiger partial charge in [-0.1, -0.05) is 29.0 Å². The van der Waals surface area contributed by atoms with Crippen LogP contribution in [0, 0.1) is 6.92 Å². The van der Waals surface area contributed by atoms with Crippen LogP contribution in [-0.4, -0.2) is 17.3 Å². The van der Waals surface area contributed by atoms with E-state index in [4.69, 9.17) is 33.1 Å². The summed E-state index contributed by atoms with van der Waals surface area (Å²) in [6.45, 7) is 1.88. The Hall–Kier alpha value is -1.85. The van der Waals surface area contributed by atoms with Crippen LogP contribution < -0.4 is 5.32 Å². The van der Waals surface area contributed by atoms with Gasteiger partial charge in [-0.3, -0.25) is 0 Å². The molecule has 1 fully saturated rings. The molecular weight excluding hydrogens is 344 g/mol. The van der Waals surface area contributed by atoms with Gasteiger partial charge in [0.25, 0.3) is 0 Å². The van der Waals surface area contributed by atoms with Gasteiger partial charge in [-0.15, -0.1) is 0 Å². The zero-order valence-corrected chi connectivity index (χ0v) is 15.0. The summed E-state index contributed by atoms with van der Waals surface area (Å²) in [5, 5.41) is 7.89. The predicted octanol–water partition coefficient (Wildman–Crippen LogP) is 5.32. The lowest BCUT2D eigenvalue weighted by Crippen LogP contribution is -2.11. The number of thiocarbonyl (C=S) groups is 1. The van der Waals surface area contributed by atoms with Crippen molar-refractivity contribution in [3.8, 4) is 0 Å². The largest absolute Gasteiger partial charge is 0.469 e. The van der Waals surface area contributed by atoms with E-state index in [9.17, 15) is 0 Å². The molecule has 1 aromatic heterocycles. The van der Waals surface area contributed by atoms with Crippen molar-refractivity contribution in [1.82, 2.24) is 0 Å². The van der Waals surface area contributed by atoms with E-state index >= 15 is 0 Å². The molecule has 3 rings (SSSR count). The Morgan fingerprint density at radius 3 is 2.88 bits per heavy atom. The Morgan fingerprint density at radius 1 is 1.38 bits per heavy atom. The minimum Gasteiger partial charge on any atom is -0.469 e. The van der Waals surface area contributed by atoms with E-state index in [1.165, 1.54) is 12.8 Å². The number of rotatable bonds is 5. The summed E-state index contributed by atoms with van der Waals surface area (Å²) in [5.41, 5.74) is 2.50. The maximum absolute atomic E-state index is 6.23. The maximum atomic E-state index is 6.23. The molecule has 0 unspecified atom stereocenters. The molecule has 0 amide bonds. The molecule has 126 valence electrons. The molecule has 0 bridgehead atoms. The highest BCUT2D eigenvalue weighted by Gasteiger charge is 2.15. The predicted molar refractivity (Wildman–Crippen MR) is 101 cm³/mol. The van der Waals surface area contributed by atoms with Crippen molar-refractivity contribution in [3.63, 3.8) is 0 Å². The van der Waals surface area contributed by atoms with Crippen molar-refractivity contribution in [1.29, 1.82) is 0 Å². The van der Waals surface area contributed by atoms with E-state index in [2.05, 4.69) is 10.5 Å². The van der Waals surface area contributed by atoms with E-state index < -0.39 is 0 Å². The molecule has 1 saturated carbocycles. The molecule has 6 heteroatoms. The number of furan rings is 1. The molecule has 2 aromatic rings. The second-order valence-electron chi connectivity index (χ2n) is 5.83. The number of anilines is 1. The first-order chi connectivity index (χ1) is 11.6. The Bertz CT molecular complexity index is 751. The van der Waals surface area contributed by atoms with Gasteiger partial charge >= 0.3 is 0 Å². The first kappa shape index (κ1) is 17.0. The number of oxime groups is 1. The second kappa shape index (κ2) is 7.81. The average Bonchev–Trinajstić information content (AvgIpc) is 3.22. The molecule has 4 nitrogen and oxygen atoms in total. The third-order valence-corrected chi connectivity index (χ3v) is 4.73. The average molecular weight is 363 g/mol. The van der Waals surface area contributed by atoms with Crippen molar-refractivity contribution in [2.45, 2.75) is 38.7 Å². The molecule has 1 aromatic carbocycles. The number of halogens is 1. The van der Waals surface area contributed by atoms with E-state index in [0.717, 1.165) is 35.4 Å². The van der Waals surface area contributed by atoms with E-state index in [0.29, 0.717) is 10.0 Å². The van der Waals surface area contributed by atoms with E-state index in [1.54, 1.807) is 12.5 Å². The molecule has 0 atom stereocenters. The quantitative estimate of drug-likeness (QED) is 0.444. The third-order valence-electron chi connectivity index (χ3n) is 4.06. The molecule has 0 spiro atoms. The first-order valence-electron chi connectivity index (χ1n) is 7.97. The molecule has 1 aliphatic carbocycles. The molecule has 1 N–H and O–H groups in total. The van der Waals surface area contributed by atoms with Crippen molar-refractivity contribution >= 4 is 40.7 Å². The van der Waals surface area contributed by atoms with Gasteiger partial charge in [0.1, 0.15) is 16.9 Å². The number of nitrogens with zero attached hydrogens (tertiary/aromatic N) is 1. The van der Waals surface area contributed by atoms with Crippen LogP contribution in [0.1, 0.15) is 42.6 Å². The van der Waals surface area contributed by atoms with Gasteiger partial charge in [-0.05, 0) is 56.9 Å². The van der Waals surface area contributed by atoms with Gasteiger partial charge < -0.3 is 14.6 Å². The van der Waals surface area contributed by atoms with E-state index in [1.807, 2.05) is 31.2 Å². The zero-order valence-electron chi connectivity index (χ0n) is 13.4. The zero-order chi connectivity index (χ0) is 16.9. The highest BCUT2D eigenvalue weighted by molar-refractivity contribution is 7.81. The van der Waals surface area contributed by atoms with Crippen molar-refractivity contribution in [3.05, 3.63) is 52.4 Å². The van der Waals surface area contributed by atoms with Gasteiger partial charge in [0, 0.05) is 16.3 Å². The topological polar surface area (TPSA) is 46.8 Å². The van der Waals surface area contributed by atoms with Crippen LogP contribution in [0.3, 0.4) is 0 Å². The van der Waals surface area contributed by atoms with Crippen LogP contribution in [0.2, 0.25) is 5.02 Å². The van der Waals surface area contributed by atoms with Crippen LogP contribution in [0.5, 0.6) is 0 Å². The fraction of sp³-hybridized carbons (Fsp3) is 0.333. The fourth-order valence-corrected chi connectivity index (χ4v) is 3.20. The van der Waals surface area contributed by atoms with Gasteiger partial charge in [0.15, 0.2) is 0 Å². The molecule has 1 heterocycles. The summed E-state index contributed by atoms with van der Waals surface area (Å²) < 4.78 is 5.28. The SMILES string of the molecule is Cc1occc1C(=S)Nc1ccc(Cl)c(/C=N/OC2CCCC2)c1. The van der Waals surface area contributed by atoms with Crippen LogP contribution >= 0.6 is 23.8 Å². The van der Waals surface area contributed by atoms with Crippen molar-refractivity contribution in [2.24, 2.45) is 5.16 Å². The molecule has 0 saturated heterocycles. The molecule has 24 heavy (non-hydrogen) atoms. The van der Waals surface area contributed by atoms with E-state index in [-0.39, 0.29) is 6.10 Å². The Kier molecular flexibility index (Phi) is 5.53. The van der Waals surface area contributed by atoms with Gasteiger partial charge in [-0.25, -0.2) is 0 Å². The van der Waals surface area contributed by atoms with Crippen molar-refractivity contribution < 1.29 is 9.25 Å². The number of hydrogen-bond donors (Lipinski definition) is 1. The first-order valence-corrected chi connectivity index (χ1v) is 8.76. The third kappa shape index (κ3) is 4.16. The van der Waals surface area contributed by atoms with Crippen LogP contribution in [0.4, 0.5) is 5.69 Å². The molecule has 0 aliphatic heterocycles. The minimum atomic E-state index is 0.234. The standard InChI is InChI=1S/C18H19ClN2O2S/c1-12-16(8-9-22-12)18(24)21-14-6-7-17(19)13(10-14)11-20-23-15-4-2-3-5-15/h6-11,15H,2-5H2,1H3,(H,21,24)/b20-11+. The smallest absolute Gasteiger partial charge is 0.127 e. The number of aryl methyl sites for hydroxylation is 1. The maximum Gasteiger partial charge on any atom is 0.127 e. The highest BCUT2D eigenvalue weighted by atomic mass is 35.5. The van der Waals surface area contributed by atoms with Crippen LogP contribution in [0.25, 0.3) is 0 Å². The summed E-state index contributed by atoms with van der Waals surface area (Å²) in [7, 11) is 0. The van der Waals surface area contributed by atoms with Gasteiger partial charge in [0.2, 0.25) is 0 Å². The summed E-state index contributed by atoms with van der Waals surface area (Å²) in [5.74, 6) is 0.785. The van der Waals surface area contributed by atoms with Crippen LogP contribution in [0.15, 0.2) is 40.1 Å². The Balaban J connectivity index is 1.68. The van der Waals surface area contributed by atoms with Crippen LogP contribution in [-0.2, 0) is 4.84 Å². The Labute approximate surface area is 151 Å². The number of nitrogens with one attached hydrogen (secondary N) is 1. The lowest BCUT2D eigenvalue weighted by molar-refractivity contribution is 0.0657. The number of benzene rings is 1. The van der Waals surface area contributed by atoms with Gasteiger partial charge in [-0.2, -0.15) is 0 Å².